The van der Waals surface area contributed by atoms with E-state index in [4.69, 9.17) is 0 Å². The van der Waals surface area contributed by atoms with E-state index in [1.807, 2.05) is 48.8 Å². The molecule has 2 unspecified atom stereocenters. The second kappa shape index (κ2) is 8.48. The van der Waals surface area contributed by atoms with E-state index in [0.717, 1.165) is 32.9 Å². The molecule has 4 aromatic rings. The van der Waals surface area contributed by atoms with Crippen LogP contribution < -0.4 is 0 Å². The average molecular weight is 403 g/mol. The third kappa shape index (κ3) is 3.62. The van der Waals surface area contributed by atoms with Crippen LogP contribution in [-0.4, -0.2) is 9.97 Å². The van der Waals surface area contributed by atoms with Gasteiger partial charge in [-0.1, -0.05) is 58.0 Å². The standard InChI is InChI=1S/C22H18N4S2/c23-11-9-21(17-13-25-19-7-3-1-5-15(17)19)27-28-22(10-12-24)18-14-26-20-8-4-2-6-16(18)20/h1-8,13-14,21-22,25-26H,9-10H2. The van der Waals surface area contributed by atoms with Crippen molar-refractivity contribution in [3.8, 4) is 12.1 Å². The van der Waals surface area contributed by atoms with Crippen molar-refractivity contribution in [1.29, 1.82) is 10.5 Å². The number of aromatic amines is 2. The molecule has 0 aliphatic rings. The molecule has 0 aliphatic carbocycles. The summed E-state index contributed by atoms with van der Waals surface area (Å²) in [6, 6.07) is 21.0. The number of hydrogen-bond acceptors (Lipinski definition) is 4. The molecule has 138 valence electrons. The minimum absolute atomic E-state index is 0.0394. The van der Waals surface area contributed by atoms with Crippen molar-refractivity contribution in [2.24, 2.45) is 0 Å². The molecule has 0 amide bonds. The largest absolute Gasteiger partial charge is 0.361 e. The second-order valence-electron chi connectivity index (χ2n) is 6.47. The number of nitriles is 2. The van der Waals surface area contributed by atoms with Gasteiger partial charge in [0.05, 0.1) is 35.5 Å². The predicted octanol–water partition coefficient (Wildman–Crippen LogP) is 6.64. The van der Waals surface area contributed by atoms with E-state index in [1.54, 1.807) is 21.6 Å². The molecule has 0 radical (unpaired) electrons. The number of aromatic nitrogens is 2. The maximum absolute atomic E-state index is 9.36. The number of nitrogens with one attached hydrogen (secondary N) is 2. The lowest BCUT2D eigenvalue weighted by Crippen LogP contribution is -1.94. The Morgan fingerprint density at radius 1 is 0.714 bits per heavy atom. The number of nitrogens with zero attached hydrogens (tertiary/aromatic N) is 2. The minimum atomic E-state index is 0.0394. The van der Waals surface area contributed by atoms with Crippen LogP contribution in [0.15, 0.2) is 60.9 Å². The van der Waals surface area contributed by atoms with Crippen molar-refractivity contribution in [2.45, 2.75) is 23.3 Å². The lowest BCUT2D eigenvalue weighted by atomic mass is 10.1. The summed E-state index contributed by atoms with van der Waals surface area (Å²) in [7, 11) is 3.37. The third-order valence-electron chi connectivity index (χ3n) is 4.78. The molecule has 6 heteroatoms. The number of rotatable bonds is 7. The van der Waals surface area contributed by atoms with Crippen LogP contribution >= 0.6 is 21.6 Å². The van der Waals surface area contributed by atoms with Gasteiger partial charge in [-0.25, -0.2) is 0 Å². The van der Waals surface area contributed by atoms with E-state index in [1.165, 1.54) is 0 Å². The highest BCUT2D eigenvalue weighted by molar-refractivity contribution is 8.76. The van der Waals surface area contributed by atoms with Crippen LogP contribution in [0.3, 0.4) is 0 Å². The van der Waals surface area contributed by atoms with Gasteiger partial charge >= 0.3 is 0 Å². The van der Waals surface area contributed by atoms with Gasteiger partial charge in [0.15, 0.2) is 0 Å². The van der Waals surface area contributed by atoms with Gasteiger partial charge in [0, 0.05) is 34.2 Å². The topological polar surface area (TPSA) is 79.2 Å². The highest BCUT2D eigenvalue weighted by atomic mass is 33.1. The molecule has 2 atom stereocenters. The molecular formula is C22H18N4S2. The van der Waals surface area contributed by atoms with Gasteiger partial charge in [-0.15, -0.1) is 0 Å². The number of benzene rings is 2. The van der Waals surface area contributed by atoms with E-state index in [9.17, 15) is 10.5 Å². The molecule has 0 saturated carbocycles. The van der Waals surface area contributed by atoms with E-state index >= 15 is 0 Å². The van der Waals surface area contributed by atoms with Crippen LogP contribution in [0.1, 0.15) is 34.5 Å². The Morgan fingerprint density at radius 3 is 1.57 bits per heavy atom. The van der Waals surface area contributed by atoms with Gasteiger partial charge < -0.3 is 9.97 Å². The zero-order valence-corrected chi connectivity index (χ0v) is 16.7. The Morgan fingerprint density at radius 2 is 1.14 bits per heavy atom. The Bertz CT molecular complexity index is 1080. The first-order valence-electron chi connectivity index (χ1n) is 9.00. The number of fused-ring (bicyclic) bond motifs is 2. The zero-order valence-electron chi connectivity index (χ0n) is 15.1. The Labute approximate surface area is 171 Å². The number of para-hydroxylation sites is 2. The molecule has 28 heavy (non-hydrogen) atoms. The molecule has 0 spiro atoms. The van der Waals surface area contributed by atoms with E-state index in [0.29, 0.717) is 12.8 Å². The molecule has 2 N–H and O–H groups in total. The fourth-order valence-electron chi connectivity index (χ4n) is 3.41. The van der Waals surface area contributed by atoms with Crippen LogP contribution in [0.4, 0.5) is 0 Å². The molecule has 2 aromatic carbocycles. The Hall–Kier alpha value is -2.80. The summed E-state index contributed by atoms with van der Waals surface area (Å²) in [6.07, 6.45) is 4.86. The Kier molecular flexibility index (Phi) is 5.62. The van der Waals surface area contributed by atoms with Gasteiger partial charge in [-0.3, -0.25) is 0 Å². The quantitative estimate of drug-likeness (QED) is 0.340. The molecule has 2 heterocycles. The fourth-order valence-corrected chi connectivity index (χ4v) is 6.40. The van der Waals surface area contributed by atoms with Gasteiger partial charge in [-0.2, -0.15) is 10.5 Å². The lowest BCUT2D eigenvalue weighted by molar-refractivity contribution is 0.987. The SMILES string of the molecule is N#CCC(SSC(CC#N)c1c[nH]c2ccccc12)c1c[nH]c2ccccc12. The summed E-state index contributed by atoms with van der Waals surface area (Å²) in [6.45, 7) is 0. The number of hydrogen-bond donors (Lipinski definition) is 2. The van der Waals surface area contributed by atoms with Crippen molar-refractivity contribution in [2.75, 3.05) is 0 Å². The predicted molar refractivity (Wildman–Crippen MR) is 118 cm³/mol. The van der Waals surface area contributed by atoms with Crippen LogP contribution in [0.5, 0.6) is 0 Å². The highest BCUT2D eigenvalue weighted by Crippen LogP contribution is 2.50. The van der Waals surface area contributed by atoms with Crippen molar-refractivity contribution in [3.63, 3.8) is 0 Å². The maximum atomic E-state index is 9.36. The van der Waals surface area contributed by atoms with E-state index < -0.39 is 0 Å². The monoisotopic (exact) mass is 402 g/mol. The first-order chi connectivity index (χ1) is 13.8. The molecule has 4 nitrogen and oxygen atoms in total. The maximum Gasteiger partial charge on any atom is 0.0637 e. The minimum Gasteiger partial charge on any atom is -0.361 e. The summed E-state index contributed by atoms with van der Waals surface area (Å²) in [4.78, 5) is 6.60. The first-order valence-corrected chi connectivity index (χ1v) is 11.3. The summed E-state index contributed by atoms with van der Waals surface area (Å²) in [5, 5.41) is 21.1. The van der Waals surface area contributed by atoms with Crippen molar-refractivity contribution in [1.82, 2.24) is 9.97 Å². The Balaban J connectivity index is 1.60. The molecule has 0 saturated heterocycles. The smallest absolute Gasteiger partial charge is 0.0637 e. The van der Waals surface area contributed by atoms with Crippen LogP contribution in [0, 0.1) is 22.7 Å². The molecular weight excluding hydrogens is 384 g/mol. The third-order valence-corrected chi connectivity index (χ3v) is 7.92. The summed E-state index contributed by atoms with van der Waals surface area (Å²) in [5.41, 5.74) is 4.45. The highest BCUT2D eigenvalue weighted by Gasteiger charge is 2.22. The number of H-pyrrole nitrogens is 2. The van der Waals surface area contributed by atoms with Crippen LogP contribution in [-0.2, 0) is 0 Å². The molecule has 4 rings (SSSR count). The van der Waals surface area contributed by atoms with E-state index in [-0.39, 0.29) is 10.5 Å². The van der Waals surface area contributed by atoms with Gasteiger partial charge in [-0.05, 0) is 23.3 Å². The van der Waals surface area contributed by atoms with Gasteiger partial charge in [0.2, 0.25) is 0 Å². The fraction of sp³-hybridized carbons (Fsp3) is 0.182. The lowest BCUT2D eigenvalue weighted by Gasteiger charge is -2.17. The molecule has 0 bridgehead atoms. The summed E-state index contributed by atoms with van der Waals surface area (Å²) < 4.78 is 0. The second-order valence-corrected chi connectivity index (χ2v) is 9.15. The summed E-state index contributed by atoms with van der Waals surface area (Å²) in [5.74, 6) is 0. The van der Waals surface area contributed by atoms with Gasteiger partial charge in [0.1, 0.15) is 0 Å². The van der Waals surface area contributed by atoms with Crippen molar-refractivity contribution < 1.29 is 0 Å². The van der Waals surface area contributed by atoms with Crippen LogP contribution in [0.2, 0.25) is 0 Å². The zero-order chi connectivity index (χ0) is 19.3. The van der Waals surface area contributed by atoms with E-state index in [2.05, 4.69) is 34.2 Å². The summed E-state index contributed by atoms with van der Waals surface area (Å²) >= 11 is 0. The van der Waals surface area contributed by atoms with Crippen molar-refractivity contribution in [3.05, 3.63) is 72.1 Å². The first kappa shape index (κ1) is 18.6. The van der Waals surface area contributed by atoms with Crippen LogP contribution in [0.25, 0.3) is 21.8 Å². The van der Waals surface area contributed by atoms with Crippen molar-refractivity contribution >= 4 is 43.4 Å². The normalized spacial score (nSPS) is 13.2. The molecule has 2 aromatic heterocycles. The molecule has 0 aliphatic heterocycles. The molecule has 0 fully saturated rings. The average Bonchev–Trinajstić information content (AvgIpc) is 3.34. The van der Waals surface area contributed by atoms with Gasteiger partial charge in [0.25, 0.3) is 0 Å².